The fourth-order valence-electron chi connectivity index (χ4n) is 5.45. The van der Waals surface area contributed by atoms with Crippen LogP contribution in [0.3, 0.4) is 0 Å². The van der Waals surface area contributed by atoms with Gasteiger partial charge in [-0.3, -0.25) is 14.4 Å². The van der Waals surface area contributed by atoms with Crippen molar-refractivity contribution in [2.24, 2.45) is 11.8 Å². The van der Waals surface area contributed by atoms with Crippen molar-refractivity contribution in [1.29, 1.82) is 0 Å². The SMILES string of the molecule is O=C(Nc1ccc(Cl)cc1)[C@@H]1[C@@H]2C(=O)N(c3ccc(Br)cc3)C(=O)[C@@H]2[C@H]2c3ccccc3C=CN12. The number of halogens is 2. The third-order valence-corrected chi connectivity index (χ3v) is 7.71. The van der Waals surface area contributed by atoms with Crippen LogP contribution in [0, 0.1) is 11.8 Å². The summed E-state index contributed by atoms with van der Waals surface area (Å²) in [4.78, 5) is 44.4. The van der Waals surface area contributed by atoms with E-state index in [0.717, 1.165) is 15.6 Å². The molecule has 0 unspecified atom stereocenters. The predicted molar refractivity (Wildman–Crippen MR) is 138 cm³/mol. The maximum atomic E-state index is 13.8. The number of carbonyl (C=O) groups is 3. The third kappa shape index (κ3) is 3.49. The summed E-state index contributed by atoms with van der Waals surface area (Å²) in [6, 6.07) is 20.4. The Labute approximate surface area is 215 Å². The number of anilines is 2. The van der Waals surface area contributed by atoms with E-state index < -0.39 is 23.9 Å². The lowest BCUT2D eigenvalue weighted by atomic mass is 9.84. The van der Waals surface area contributed by atoms with Crippen LogP contribution in [0.2, 0.25) is 5.02 Å². The molecule has 3 aliphatic heterocycles. The molecule has 0 aromatic heterocycles. The van der Waals surface area contributed by atoms with Gasteiger partial charge in [-0.1, -0.05) is 51.8 Å². The molecule has 4 atom stereocenters. The molecule has 3 aromatic carbocycles. The van der Waals surface area contributed by atoms with Gasteiger partial charge >= 0.3 is 0 Å². The van der Waals surface area contributed by atoms with Gasteiger partial charge in [0.25, 0.3) is 0 Å². The first-order valence-corrected chi connectivity index (χ1v) is 12.4. The molecule has 3 amide bonds. The zero-order valence-electron chi connectivity index (χ0n) is 18.3. The predicted octanol–water partition coefficient (Wildman–Crippen LogP) is 5.26. The Hall–Kier alpha value is -3.42. The van der Waals surface area contributed by atoms with Crippen LogP contribution >= 0.6 is 27.5 Å². The number of rotatable bonds is 3. The highest BCUT2D eigenvalue weighted by molar-refractivity contribution is 9.10. The molecule has 35 heavy (non-hydrogen) atoms. The van der Waals surface area contributed by atoms with E-state index in [9.17, 15) is 14.4 Å². The Morgan fingerprint density at radius 1 is 0.886 bits per heavy atom. The van der Waals surface area contributed by atoms with Gasteiger partial charge in [0.1, 0.15) is 6.04 Å². The molecular formula is C27H19BrClN3O3. The van der Waals surface area contributed by atoms with E-state index in [1.54, 1.807) is 48.5 Å². The number of imide groups is 1. The summed E-state index contributed by atoms with van der Waals surface area (Å²) in [6.45, 7) is 0. The number of amides is 3. The third-order valence-electron chi connectivity index (χ3n) is 6.93. The number of nitrogens with zero attached hydrogens (tertiary/aromatic N) is 2. The molecule has 0 aliphatic carbocycles. The fourth-order valence-corrected chi connectivity index (χ4v) is 5.84. The number of carbonyl (C=O) groups excluding carboxylic acids is 3. The zero-order chi connectivity index (χ0) is 24.3. The van der Waals surface area contributed by atoms with Crippen LogP contribution in [-0.4, -0.2) is 28.7 Å². The van der Waals surface area contributed by atoms with Crippen molar-refractivity contribution in [2.45, 2.75) is 12.1 Å². The van der Waals surface area contributed by atoms with Crippen molar-refractivity contribution in [3.63, 3.8) is 0 Å². The van der Waals surface area contributed by atoms with Crippen LogP contribution in [0.4, 0.5) is 11.4 Å². The van der Waals surface area contributed by atoms with Crippen LogP contribution in [0.5, 0.6) is 0 Å². The number of hydrogen-bond donors (Lipinski definition) is 1. The quantitative estimate of drug-likeness (QED) is 0.454. The van der Waals surface area contributed by atoms with E-state index >= 15 is 0 Å². The number of hydrogen-bond acceptors (Lipinski definition) is 4. The van der Waals surface area contributed by atoms with Crippen LogP contribution in [-0.2, 0) is 14.4 Å². The molecule has 0 spiro atoms. The summed E-state index contributed by atoms with van der Waals surface area (Å²) in [5.41, 5.74) is 2.99. The van der Waals surface area contributed by atoms with Crippen LogP contribution in [0.25, 0.3) is 6.08 Å². The van der Waals surface area contributed by atoms with E-state index in [0.29, 0.717) is 16.4 Å². The molecule has 8 heteroatoms. The van der Waals surface area contributed by atoms with Gasteiger partial charge in [-0.05, 0) is 65.7 Å². The van der Waals surface area contributed by atoms with Crippen molar-refractivity contribution in [3.05, 3.63) is 99.6 Å². The Morgan fingerprint density at radius 2 is 1.57 bits per heavy atom. The topological polar surface area (TPSA) is 69.7 Å². The first-order chi connectivity index (χ1) is 16.9. The lowest BCUT2D eigenvalue weighted by molar-refractivity contribution is -0.128. The normalized spacial score (nSPS) is 24.3. The summed E-state index contributed by atoms with van der Waals surface area (Å²) in [7, 11) is 0. The van der Waals surface area contributed by atoms with Gasteiger partial charge < -0.3 is 10.2 Å². The minimum absolute atomic E-state index is 0.288. The minimum atomic E-state index is -0.845. The summed E-state index contributed by atoms with van der Waals surface area (Å²) >= 11 is 9.38. The van der Waals surface area contributed by atoms with Crippen LogP contribution < -0.4 is 10.2 Å². The molecule has 2 saturated heterocycles. The van der Waals surface area contributed by atoms with Gasteiger partial charge in [0, 0.05) is 21.4 Å². The smallest absolute Gasteiger partial charge is 0.247 e. The molecule has 0 saturated carbocycles. The van der Waals surface area contributed by atoms with Gasteiger partial charge in [-0.15, -0.1) is 0 Å². The van der Waals surface area contributed by atoms with Crippen molar-refractivity contribution < 1.29 is 14.4 Å². The van der Waals surface area contributed by atoms with E-state index in [1.165, 1.54) is 4.90 Å². The van der Waals surface area contributed by atoms with Gasteiger partial charge in [-0.25, -0.2) is 4.90 Å². The van der Waals surface area contributed by atoms with Gasteiger partial charge in [0.05, 0.1) is 23.6 Å². The van der Waals surface area contributed by atoms with E-state index in [-0.39, 0.29) is 17.7 Å². The Bertz CT molecular complexity index is 1390. The first kappa shape index (κ1) is 22.1. The second-order valence-electron chi connectivity index (χ2n) is 8.82. The molecule has 1 N–H and O–H groups in total. The average molecular weight is 549 g/mol. The highest BCUT2D eigenvalue weighted by Gasteiger charge is 2.64. The number of fused-ring (bicyclic) bond motifs is 5. The molecule has 3 aliphatic rings. The summed E-state index contributed by atoms with van der Waals surface area (Å²) in [5, 5.41) is 3.47. The molecule has 2 fully saturated rings. The van der Waals surface area contributed by atoms with Crippen molar-refractivity contribution in [3.8, 4) is 0 Å². The number of nitrogens with one attached hydrogen (secondary N) is 1. The molecule has 3 heterocycles. The van der Waals surface area contributed by atoms with E-state index in [2.05, 4.69) is 21.2 Å². The molecule has 0 radical (unpaired) electrons. The van der Waals surface area contributed by atoms with E-state index in [1.807, 2.05) is 41.4 Å². The lowest BCUT2D eigenvalue weighted by Crippen LogP contribution is -2.46. The molecule has 0 bridgehead atoms. The fraction of sp³-hybridized carbons (Fsp3) is 0.148. The first-order valence-electron chi connectivity index (χ1n) is 11.2. The van der Waals surface area contributed by atoms with Crippen molar-refractivity contribution in [1.82, 2.24) is 4.90 Å². The number of benzene rings is 3. The standard InChI is InChI=1S/C27H19BrClN3O3/c28-16-5-11-19(12-6-16)32-26(34)21-22(27(32)35)24(25(33)30-18-9-7-17(29)8-10-18)31-14-13-15-3-1-2-4-20(15)23(21)31/h1-14,21-24H,(H,30,33)/t21-,22+,23+,24-/m0/s1. The Morgan fingerprint density at radius 3 is 2.31 bits per heavy atom. The molecule has 3 aromatic rings. The minimum Gasteiger partial charge on any atom is -0.357 e. The van der Waals surface area contributed by atoms with E-state index in [4.69, 9.17) is 11.6 Å². The Balaban J connectivity index is 1.43. The van der Waals surface area contributed by atoms with Crippen molar-refractivity contribution in [2.75, 3.05) is 10.2 Å². The molecular weight excluding hydrogens is 530 g/mol. The molecule has 6 nitrogen and oxygen atoms in total. The van der Waals surface area contributed by atoms with Gasteiger partial charge in [0.2, 0.25) is 17.7 Å². The second kappa shape index (κ2) is 8.36. The highest BCUT2D eigenvalue weighted by Crippen LogP contribution is 2.53. The molecule has 174 valence electrons. The second-order valence-corrected chi connectivity index (χ2v) is 10.2. The van der Waals surface area contributed by atoms with Gasteiger partial charge in [-0.2, -0.15) is 0 Å². The van der Waals surface area contributed by atoms with Crippen LogP contribution in [0.1, 0.15) is 17.2 Å². The largest absolute Gasteiger partial charge is 0.357 e. The maximum absolute atomic E-state index is 13.8. The Kier molecular flexibility index (Phi) is 5.27. The van der Waals surface area contributed by atoms with Crippen molar-refractivity contribution >= 4 is 62.7 Å². The van der Waals surface area contributed by atoms with Crippen LogP contribution in [0.15, 0.2) is 83.5 Å². The summed E-state index contributed by atoms with van der Waals surface area (Å²) in [5.74, 6) is -2.49. The average Bonchev–Trinajstić information content (AvgIpc) is 3.34. The molecule has 6 rings (SSSR count). The monoisotopic (exact) mass is 547 g/mol. The highest BCUT2D eigenvalue weighted by atomic mass is 79.9. The lowest BCUT2D eigenvalue weighted by Gasteiger charge is -2.35. The zero-order valence-corrected chi connectivity index (χ0v) is 20.6. The summed E-state index contributed by atoms with van der Waals surface area (Å²) in [6.07, 6.45) is 3.76. The maximum Gasteiger partial charge on any atom is 0.247 e. The van der Waals surface area contributed by atoms with Gasteiger partial charge in [0.15, 0.2) is 0 Å². The summed E-state index contributed by atoms with van der Waals surface area (Å²) < 4.78 is 0.846.